The minimum absolute atomic E-state index is 0. The number of ether oxygens (including phenoxy) is 2. The largest absolute Gasteiger partial charge is 0.376 e. The molecule has 6 nitrogen and oxygen atoms in total. The van der Waals surface area contributed by atoms with Crippen LogP contribution in [0.15, 0.2) is 0 Å². The number of rotatable bonds is 2. The van der Waals surface area contributed by atoms with E-state index in [1.165, 1.54) is 16.2 Å². The molecule has 0 saturated carbocycles. The van der Waals surface area contributed by atoms with Gasteiger partial charge in [0.2, 0.25) is 0 Å². The molecule has 1 aliphatic heterocycles. The Morgan fingerprint density at radius 3 is 3.05 bits per heavy atom. The molecule has 1 aromatic rings. The summed E-state index contributed by atoms with van der Waals surface area (Å²) in [7, 11) is 0. The van der Waals surface area contributed by atoms with Gasteiger partial charge in [0.1, 0.15) is 0 Å². The van der Waals surface area contributed by atoms with Gasteiger partial charge in [-0.05, 0) is 19.3 Å². The molecule has 0 bridgehead atoms. The first-order valence-electron chi connectivity index (χ1n) is 6.47. The molecule has 2 heterocycles. The molecule has 0 radical (unpaired) electrons. The fraction of sp³-hybridized carbons (Fsp3) is 0.667. The van der Waals surface area contributed by atoms with Crippen LogP contribution in [-0.4, -0.2) is 42.9 Å². The van der Waals surface area contributed by atoms with Crippen LogP contribution in [-0.2, 0) is 27.1 Å². The van der Waals surface area contributed by atoms with Crippen LogP contribution in [0.5, 0.6) is 0 Å². The molecule has 0 aromatic carbocycles. The van der Waals surface area contributed by atoms with E-state index in [1.807, 2.05) is 0 Å². The Kier molecular flexibility index (Phi) is 5.34. The van der Waals surface area contributed by atoms with Gasteiger partial charge in [0, 0.05) is 10.9 Å². The predicted octanol–water partition coefficient (Wildman–Crippen LogP) is 0.735. The number of nitrogens with one attached hydrogen (secondary N) is 1. The molecule has 0 spiro atoms. The molecule has 1 fully saturated rings. The van der Waals surface area contributed by atoms with Gasteiger partial charge < -0.3 is 15.2 Å². The minimum Gasteiger partial charge on any atom is -0.376 e. The average Bonchev–Trinajstić information content (AvgIpc) is 2.81. The summed E-state index contributed by atoms with van der Waals surface area (Å²) >= 11 is 1.51. The number of nitrogens with two attached hydrogens (primary N) is 1. The van der Waals surface area contributed by atoms with E-state index in [1.54, 1.807) is 0 Å². The minimum atomic E-state index is -0.531. The molecule has 1 saturated heterocycles. The van der Waals surface area contributed by atoms with Gasteiger partial charge >= 0.3 is 0 Å². The molecule has 8 heteroatoms. The summed E-state index contributed by atoms with van der Waals surface area (Å²) in [6.45, 7) is 1.32. The van der Waals surface area contributed by atoms with Gasteiger partial charge in [0.05, 0.1) is 25.5 Å². The van der Waals surface area contributed by atoms with Crippen LogP contribution in [0.3, 0.4) is 0 Å². The van der Waals surface area contributed by atoms with Crippen molar-refractivity contribution in [3.05, 3.63) is 10.6 Å². The molecule has 3 rings (SSSR count). The maximum Gasteiger partial charge on any atom is 0.257 e. The number of anilines is 1. The summed E-state index contributed by atoms with van der Waals surface area (Å²) in [4.78, 5) is 17.6. The Labute approximate surface area is 127 Å². The highest BCUT2D eigenvalue weighted by molar-refractivity contribution is 7.15. The number of hydrogen-bond acceptors (Lipinski definition) is 6. The van der Waals surface area contributed by atoms with Gasteiger partial charge in [0.25, 0.3) is 5.91 Å². The molecule has 1 unspecified atom stereocenters. The van der Waals surface area contributed by atoms with E-state index in [-0.39, 0.29) is 24.4 Å². The van der Waals surface area contributed by atoms with Crippen molar-refractivity contribution in [3.8, 4) is 0 Å². The first-order valence-corrected chi connectivity index (χ1v) is 7.28. The Morgan fingerprint density at radius 2 is 2.30 bits per heavy atom. The summed E-state index contributed by atoms with van der Waals surface area (Å²) in [6.07, 6.45) is 2.18. The third kappa shape index (κ3) is 3.48. The van der Waals surface area contributed by atoms with Crippen molar-refractivity contribution in [1.29, 1.82) is 0 Å². The molecular formula is C12H18ClN3O3S. The molecule has 3 N–H and O–H groups in total. The van der Waals surface area contributed by atoms with Crippen LogP contribution in [0.2, 0.25) is 0 Å². The number of fused-ring (bicyclic) bond motifs is 1. The van der Waals surface area contributed by atoms with E-state index in [2.05, 4.69) is 10.3 Å². The normalized spacial score (nSPS) is 25.4. The lowest BCUT2D eigenvalue weighted by molar-refractivity contribution is -0.142. The van der Waals surface area contributed by atoms with Gasteiger partial charge in [-0.2, -0.15) is 0 Å². The van der Waals surface area contributed by atoms with Crippen molar-refractivity contribution in [2.75, 3.05) is 25.1 Å². The predicted molar refractivity (Wildman–Crippen MR) is 78.6 cm³/mol. The number of halogens is 1. The van der Waals surface area contributed by atoms with Crippen LogP contribution in [0.4, 0.5) is 5.13 Å². The van der Waals surface area contributed by atoms with Crippen molar-refractivity contribution in [2.24, 2.45) is 5.73 Å². The standard InChI is InChI=1S/C12H17N3O3S.ClH/c13-7-1-2-8-10(5-7)19-12(14-8)15-11(16)9-6-17-3-4-18-9;/h7,9H,1-6,13H2,(H,14,15,16);1H/t7-,9?;/m0./s1. The van der Waals surface area contributed by atoms with E-state index < -0.39 is 6.10 Å². The number of amides is 1. The number of aryl methyl sites for hydroxylation is 1. The monoisotopic (exact) mass is 319 g/mol. The van der Waals surface area contributed by atoms with Crippen molar-refractivity contribution < 1.29 is 14.3 Å². The SMILES string of the molecule is Cl.N[C@H]1CCc2nc(NC(=O)C3COCCO3)sc2C1. The second kappa shape index (κ2) is 6.82. The van der Waals surface area contributed by atoms with Crippen molar-refractivity contribution >= 4 is 34.8 Å². The van der Waals surface area contributed by atoms with Crippen LogP contribution in [0.25, 0.3) is 0 Å². The Morgan fingerprint density at radius 1 is 1.45 bits per heavy atom. The Bertz CT molecular complexity index is 477. The molecular weight excluding hydrogens is 302 g/mol. The number of aromatic nitrogens is 1. The third-order valence-corrected chi connectivity index (χ3v) is 4.35. The Hall–Kier alpha value is -0.730. The van der Waals surface area contributed by atoms with Gasteiger partial charge in [-0.25, -0.2) is 4.98 Å². The van der Waals surface area contributed by atoms with Crippen LogP contribution in [0, 0.1) is 0 Å². The van der Waals surface area contributed by atoms with Crippen LogP contribution >= 0.6 is 23.7 Å². The zero-order valence-electron chi connectivity index (χ0n) is 11.0. The fourth-order valence-corrected chi connectivity index (χ4v) is 3.38. The topological polar surface area (TPSA) is 86.5 Å². The highest BCUT2D eigenvalue weighted by Gasteiger charge is 2.25. The van der Waals surface area contributed by atoms with Crippen LogP contribution < -0.4 is 11.1 Å². The van der Waals surface area contributed by atoms with E-state index >= 15 is 0 Å². The maximum atomic E-state index is 12.0. The second-order valence-corrected chi connectivity index (χ2v) is 5.90. The molecule has 1 aliphatic carbocycles. The summed E-state index contributed by atoms with van der Waals surface area (Å²) in [5.41, 5.74) is 7.00. The van der Waals surface area contributed by atoms with Gasteiger partial charge in [-0.1, -0.05) is 0 Å². The van der Waals surface area contributed by atoms with E-state index in [4.69, 9.17) is 15.2 Å². The lowest BCUT2D eigenvalue weighted by Gasteiger charge is -2.21. The highest BCUT2D eigenvalue weighted by Crippen LogP contribution is 2.29. The zero-order valence-corrected chi connectivity index (χ0v) is 12.6. The number of carbonyl (C=O) groups excluding carboxylic acids is 1. The van der Waals surface area contributed by atoms with E-state index in [9.17, 15) is 4.79 Å². The van der Waals surface area contributed by atoms with Gasteiger partial charge in [0.15, 0.2) is 11.2 Å². The molecule has 112 valence electrons. The van der Waals surface area contributed by atoms with Gasteiger partial charge in [-0.3, -0.25) is 10.1 Å². The quantitative estimate of drug-likeness (QED) is 0.839. The Balaban J connectivity index is 0.00000147. The molecule has 1 aromatic heterocycles. The summed E-state index contributed by atoms with van der Waals surface area (Å²) in [6, 6.07) is 0.214. The highest BCUT2D eigenvalue weighted by atomic mass is 35.5. The average molecular weight is 320 g/mol. The molecule has 2 aliphatic rings. The third-order valence-electron chi connectivity index (χ3n) is 3.32. The summed E-state index contributed by atoms with van der Waals surface area (Å²) < 4.78 is 10.6. The lowest BCUT2D eigenvalue weighted by Crippen LogP contribution is -2.39. The molecule has 1 amide bonds. The number of carbonyl (C=O) groups is 1. The number of nitrogens with zero attached hydrogens (tertiary/aromatic N) is 1. The summed E-state index contributed by atoms with van der Waals surface area (Å²) in [5.74, 6) is -0.185. The second-order valence-electron chi connectivity index (χ2n) is 4.82. The van der Waals surface area contributed by atoms with E-state index in [0.29, 0.717) is 25.0 Å². The van der Waals surface area contributed by atoms with Crippen molar-refractivity contribution in [1.82, 2.24) is 4.98 Å². The van der Waals surface area contributed by atoms with Crippen molar-refractivity contribution in [3.63, 3.8) is 0 Å². The number of thiazole rings is 1. The number of hydrogen-bond donors (Lipinski definition) is 2. The fourth-order valence-electron chi connectivity index (χ4n) is 2.28. The van der Waals surface area contributed by atoms with E-state index in [0.717, 1.165) is 25.0 Å². The zero-order chi connectivity index (χ0) is 13.2. The smallest absolute Gasteiger partial charge is 0.257 e. The van der Waals surface area contributed by atoms with Crippen LogP contribution in [0.1, 0.15) is 17.0 Å². The first kappa shape index (κ1) is 15.7. The van der Waals surface area contributed by atoms with Crippen molar-refractivity contribution in [2.45, 2.75) is 31.4 Å². The van der Waals surface area contributed by atoms with Gasteiger partial charge in [-0.15, -0.1) is 23.7 Å². The molecule has 20 heavy (non-hydrogen) atoms. The first-order chi connectivity index (χ1) is 9.22. The summed E-state index contributed by atoms with van der Waals surface area (Å²) in [5, 5.41) is 3.44. The lowest BCUT2D eigenvalue weighted by atomic mass is 9.99. The molecule has 2 atom stereocenters. The maximum absolute atomic E-state index is 12.0.